The number of hydrogen-bond acceptors (Lipinski definition) is 8. The van der Waals surface area contributed by atoms with Crippen molar-refractivity contribution >= 4 is 0 Å². The van der Waals surface area contributed by atoms with Gasteiger partial charge >= 0.3 is 149 Å². The van der Waals surface area contributed by atoms with Crippen molar-refractivity contribution in [3.8, 4) is 0 Å². The van der Waals surface area contributed by atoms with Crippen molar-refractivity contribution in [2.75, 3.05) is 0 Å². The molecule has 0 aromatic rings. The van der Waals surface area contributed by atoms with Gasteiger partial charge in [0.1, 0.15) is 0 Å². The topological polar surface area (TPSA) is 161 Å². The van der Waals surface area contributed by atoms with E-state index in [2.05, 4.69) is 0 Å². The normalized spacial score (nSPS) is 8.29. The van der Waals surface area contributed by atoms with Crippen LogP contribution in [-0.2, 0) is 132 Å². The van der Waals surface area contributed by atoms with Crippen molar-refractivity contribution in [2.45, 2.75) is 0 Å². The van der Waals surface area contributed by atoms with Gasteiger partial charge in [0.05, 0.1) is 0 Å². The minimum absolute atomic E-state index is 0. The molecule has 0 N–H and O–H groups in total. The molecular weight excluding hydrogens is 1020 g/mol. The summed E-state index contributed by atoms with van der Waals surface area (Å²) in [4.78, 5) is 0. The van der Waals surface area contributed by atoms with Crippen LogP contribution in [0, 0.1) is 0 Å². The Balaban J connectivity index is -0.0000000178. The summed E-state index contributed by atoms with van der Waals surface area (Å²) < 4.78 is 68.8. The fraction of sp³-hybridized carbons (Fsp3) is 0. The zero-order valence-electron chi connectivity index (χ0n) is 5.29. The first kappa shape index (κ1) is 36.0. The van der Waals surface area contributed by atoms with E-state index in [4.69, 9.17) is 31.8 Å². The van der Waals surface area contributed by atoms with Crippen molar-refractivity contribution in [3.05, 3.63) is 0 Å². The minimum atomic E-state index is -5.75. The molecule has 14 heteroatoms. The van der Waals surface area contributed by atoms with Crippen molar-refractivity contribution in [1.82, 2.24) is 0 Å². The second kappa shape index (κ2) is 16.1. The average molecular weight is 1020 g/mol. The van der Waals surface area contributed by atoms with Crippen LogP contribution in [0.4, 0.5) is 0 Å². The molecule has 0 heterocycles. The monoisotopic (exact) mass is 1020 g/mol. The van der Waals surface area contributed by atoms with Gasteiger partial charge in [-0.2, -0.15) is 0 Å². The van der Waals surface area contributed by atoms with Gasteiger partial charge in [0.2, 0.25) is 0 Å². The molecule has 0 saturated carbocycles. The van der Waals surface area contributed by atoms with E-state index >= 15 is 0 Å². The van der Waals surface area contributed by atoms with Gasteiger partial charge in [-0.1, -0.05) is 0 Å². The zero-order chi connectivity index (χ0) is 9.00. The predicted molar refractivity (Wildman–Crippen MR) is 2.75 cm³/mol. The molecule has 0 bridgehead atoms. The molecule has 0 aromatic heterocycles. The Bertz CT molecular complexity index is 216. The van der Waals surface area contributed by atoms with Crippen LogP contribution in [-0.4, -0.2) is 0 Å². The van der Waals surface area contributed by atoms with Crippen molar-refractivity contribution < 1.29 is 149 Å². The fourth-order valence-electron chi connectivity index (χ4n) is 0. The standard InChI is InChI=1S/4Au.2Cr.8O/q4*+1;;;;;;;4*-1. The maximum atomic E-state index is 8.59. The summed E-state index contributed by atoms with van der Waals surface area (Å²) in [5.41, 5.74) is 0. The maximum absolute atomic E-state index is 8.59. The summed E-state index contributed by atoms with van der Waals surface area (Å²) in [7, 11) is 0. The van der Waals surface area contributed by atoms with Gasteiger partial charge in [-0.05, 0) is 0 Å². The molecule has 8 nitrogen and oxygen atoms in total. The quantitative estimate of drug-likeness (QED) is 0.218. The van der Waals surface area contributed by atoms with Crippen LogP contribution in [0.3, 0.4) is 0 Å². The van der Waals surface area contributed by atoms with Gasteiger partial charge < -0.3 is 0 Å². The average Bonchev–Trinajstić information content (AvgIpc) is 1.12. The Labute approximate surface area is 146 Å². The van der Waals surface area contributed by atoms with E-state index in [1.807, 2.05) is 0 Å². The van der Waals surface area contributed by atoms with Crippen LogP contribution < -0.4 is 16.6 Å². The van der Waals surface area contributed by atoms with Gasteiger partial charge in [-0.3, -0.25) is 0 Å². The van der Waals surface area contributed by atoms with Crippen molar-refractivity contribution in [3.63, 3.8) is 0 Å². The van der Waals surface area contributed by atoms with Crippen LogP contribution >= 0.6 is 0 Å². The van der Waals surface area contributed by atoms with E-state index in [0.29, 0.717) is 0 Å². The van der Waals surface area contributed by atoms with E-state index in [1.165, 1.54) is 0 Å². The molecule has 0 aliphatic carbocycles. The molecule has 0 spiro atoms. The third-order valence-corrected chi connectivity index (χ3v) is 0. The Kier molecular flexibility index (Phi) is 41.3. The van der Waals surface area contributed by atoms with E-state index in [1.54, 1.807) is 0 Å². The van der Waals surface area contributed by atoms with Crippen molar-refractivity contribution in [2.24, 2.45) is 0 Å². The molecule has 0 atom stereocenters. The molecule has 0 saturated heterocycles. The van der Waals surface area contributed by atoms with Gasteiger partial charge in [0, 0.05) is 0 Å². The third kappa shape index (κ3) is 317. The van der Waals surface area contributed by atoms with Gasteiger partial charge in [0.15, 0.2) is 0 Å². The Morgan fingerprint density at radius 3 is 0.500 bits per heavy atom. The van der Waals surface area contributed by atoms with E-state index in [9.17, 15) is 0 Å². The van der Waals surface area contributed by atoms with E-state index in [0.717, 1.165) is 0 Å². The molecule has 0 radical (unpaired) electrons. The first-order chi connectivity index (χ1) is 4.00. The number of hydrogen-bond donors (Lipinski definition) is 0. The van der Waals surface area contributed by atoms with Crippen molar-refractivity contribution in [1.29, 1.82) is 0 Å². The molecule has 0 aliphatic rings. The molecule has 14 heavy (non-hydrogen) atoms. The molecular formula is Au4Cr2O8. The van der Waals surface area contributed by atoms with Crippen LogP contribution in [0.25, 0.3) is 0 Å². The van der Waals surface area contributed by atoms with E-state index < -0.39 is 27.2 Å². The predicted octanol–water partition coefficient (Wildman–Crippen LogP) is -5.25. The SMILES string of the molecule is [Au+].[Au+].[Au+].[Au+].[O]=[Cr](=[O])([O-])[O-].[O]=[Cr](=[O])([O-])[O-]. The van der Waals surface area contributed by atoms with Crippen LogP contribution in [0.1, 0.15) is 0 Å². The second-order valence-electron chi connectivity index (χ2n) is 0.816. The molecule has 0 amide bonds. The Hall–Kier alpha value is 3.07. The van der Waals surface area contributed by atoms with Crippen LogP contribution in [0.15, 0.2) is 0 Å². The molecule has 0 aliphatic heterocycles. The summed E-state index contributed by atoms with van der Waals surface area (Å²) in [5, 5.41) is 0. The van der Waals surface area contributed by atoms with Gasteiger partial charge in [-0.15, -0.1) is 0 Å². The first-order valence-electron chi connectivity index (χ1n) is 1.33. The summed E-state index contributed by atoms with van der Waals surface area (Å²) >= 11 is -11.5. The molecule has 0 fully saturated rings. The van der Waals surface area contributed by atoms with E-state index in [-0.39, 0.29) is 89.5 Å². The summed E-state index contributed by atoms with van der Waals surface area (Å²) in [6.45, 7) is 0. The Morgan fingerprint density at radius 1 is 0.500 bits per heavy atom. The van der Waals surface area contributed by atoms with Crippen LogP contribution in [0.2, 0.25) is 0 Å². The molecule has 0 unspecified atom stereocenters. The Morgan fingerprint density at radius 2 is 0.500 bits per heavy atom. The zero-order valence-corrected chi connectivity index (χ0v) is 16.5. The van der Waals surface area contributed by atoms with Gasteiger partial charge in [-0.25, -0.2) is 0 Å². The third-order valence-electron chi connectivity index (χ3n) is 0. The molecule has 0 aromatic carbocycles. The summed E-state index contributed by atoms with van der Waals surface area (Å²) in [5.74, 6) is 0. The van der Waals surface area contributed by atoms with Gasteiger partial charge in [0.25, 0.3) is 0 Å². The summed E-state index contributed by atoms with van der Waals surface area (Å²) in [6, 6.07) is 0. The van der Waals surface area contributed by atoms with Crippen LogP contribution in [0.5, 0.6) is 0 Å². The first-order valence-corrected chi connectivity index (χ1v) is 5.50. The second-order valence-corrected chi connectivity index (χ2v) is 3.37. The molecule has 104 valence electrons. The molecule has 0 rings (SSSR count). The fourth-order valence-corrected chi connectivity index (χ4v) is 0. The number of rotatable bonds is 0. The summed E-state index contributed by atoms with van der Waals surface area (Å²) in [6.07, 6.45) is 0.